The Morgan fingerprint density at radius 3 is 1.81 bits per heavy atom. The van der Waals surface area contributed by atoms with E-state index in [4.69, 9.17) is 22.9 Å². The lowest BCUT2D eigenvalue weighted by Gasteiger charge is -2.25. The molecule has 12 N–H and O–H groups in total. The van der Waals surface area contributed by atoms with E-state index in [-0.39, 0.29) is 38.2 Å². The van der Waals surface area contributed by atoms with E-state index >= 15 is 0 Å². The van der Waals surface area contributed by atoms with Gasteiger partial charge in [0.1, 0.15) is 18.1 Å². The number of aliphatic carboxylic acids is 1. The number of carboxylic acid groups (broad SMARTS) is 1. The second kappa shape index (κ2) is 19.4. The van der Waals surface area contributed by atoms with Crippen LogP contribution in [0.4, 0.5) is 0 Å². The Kier molecular flexibility index (Phi) is 18.0. The number of nitrogens with one attached hydrogen (secondary N) is 3. The average molecular weight is 565 g/mol. The highest BCUT2D eigenvalue weighted by molar-refractivity contribution is 7.98. The molecule has 0 spiro atoms. The minimum absolute atomic E-state index is 0.123. The van der Waals surface area contributed by atoms with Gasteiger partial charge in [-0.1, -0.05) is 0 Å². The number of carbonyl (C=O) groups excluding carboxylic acids is 4. The smallest absolute Gasteiger partial charge is 0.326 e. The highest BCUT2D eigenvalue weighted by Gasteiger charge is 2.30. The molecule has 0 bridgehead atoms. The first-order valence-electron chi connectivity index (χ1n) is 11.6. The largest absolute Gasteiger partial charge is 0.480 e. The molecule has 0 saturated heterocycles. The molecule has 0 fully saturated rings. The van der Waals surface area contributed by atoms with Crippen LogP contribution in [0, 0.1) is 0 Å². The summed E-state index contributed by atoms with van der Waals surface area (Å²) in [5.41, 5.74) is 21.8. The number of thioether (sulfide) groups is 2. The molecule has 0 aromatic heterocycles. The number of aliphatic imine (C=N–C) groups is 1. The maximum absolute atomic E-state index is 13.1. The Bertz CT molecular complexity index is 797. The van der Waals surface area contributed by atoms with Gasteiger partial charge in [-0.05, 0) is 56.1 Å². The van der Waals surface area contributed by atoms with Crippen LogP contribution in [-0.2, 0) is 24.0 Å². The molecule has 0 aliphatic carbocycles. The summed E-state index contributed by atoms with van der Waals surface area (Å²) in [4.78, 5) is 65.3. The summed E-state index contributed by atoms with van der Waals surface area (Å²) < 4.78 is 0. The Morgan fingerprint density at radius 1 is 0.784 bits per heavy atom. The molecular formula is C21H40N8O6S2. The third-order valence-corrected chi connectivity index (χ3v) is 6.37. The van der Waals surface area contributed by atoms with Gasteiger partial charge in [-0.15, -0.1) is 0 Å². The predicted octanol–water partition coefficient (Wildman–Crippen LogP) is -2.32. The van der Waals surface area contributed by atoms with Gasteiger partial charge in [-0.25, -0.2) is 4.79 Å². The Morgan fingerprint density at radius 2 is 1.30 bits per heavy atom. The number of hydrogen-bond acceptors (Lipinski definition) is 9. The van der Waals surface area contributed by atoms with Gasteiger partial charge in [0.25, 0.3) is 0 Å². The minimum atomic E-state index is -1.27. The lowest BCUT2D eigenvalue weighted by molar-refractivity contribution is -0.142. The van der Waals surface area contributed by atoms with Crippen molar-refractivity contribution in [2.75, 3.05) is 30.6 Å². The number of rotatable bonds is 20. The van der Waals surface area contributed by atoms with Crippen LogP contribution in [0.5, 0.6) is 0 Å². The second-order valence-electron chi connectivity index (χ2n) is 8.15. The Balaban J connectivity index is 5.62. The molecule has 212 valence electrons. The molecule has 0 rings (SSSR count). The fraction of sp³-hybridized carbons (Fsp3) is 0.714. The zero-order valence-electron chi connectivity index (χ0n) is 21.2. The fourth-order valence-corrected chi connectivity index (χ4v) is 3.98. The number of primary amides is 1. The van der Waals surface area contributed by atoms with E-state index in [0.29, 0.717) is 24.3 Å². The van der Waals surface area contributed by atoms with Gasteiger partial charge in [0, 0.05) is 13.0 Å². The van der Waals surface area contributed by atoms with Crippen molar-refractivity contribution in [2.45, 2.75) is 62.7 Å². The summed E-state index contributed by atoms with van der Waals surface area (Å²) in [6, 6.07) is -4.38. The van der Waals surface area contributed by atoms with Gasteiger partial charge >= 0.3 is 5.97 Å². The first-order chi connectivity index (χ1) is 17.4. The Labute approximate surface area is 225 Å². The lowest BCUT2D eigenvalue weighted by atomic mass is 10.1. The standard InChI is InChI=1S/C21H40N8O6S2/c1-36-10-7-12(22)17(31)27-13(4-3-9-26-21(24)25)18(32)28-14(5-6-16(23)30)19(33)29-15(20(34)35)8-11-37-2/h12-15H,3-11,22H2,1-2H3,(H2,23,30)(H,27,31)(H,28,32)(H,29,33)(H,34,35)(H4,24,25,26). The van der Waals surface area contributed by atoms with E-state index < -0.39 is 53.8 Å². The number of nitrogens with zero attached hydrogens (tertiary/aromatic N) is 1. The molecule has 0 aromatic carbocycles. The van der Waals surface area contributed by atoms with E-state index in [0.717, 1.165) is 0 Å². The monoisotopic (exact) mass is 564 g/mol. The zero-order chi connectivity index (χ0) is 28.4. The van der Waals surface area contributed by atoms with E-state index in [1.807, 2.05) is 6.26 Å². The molecule has 4 atom stereocenters. The maximum atomic E-state index is 13.1. The normalized spacial score (nSPS) is 13.9. The number of nitrogens with two attached hydrogens (primary N) is 4. The summed E-state index contributed by atoms with van der Waals surface area (Å²) in [5, 5.41) is 16.9. The van der Waals surface area contributed by atoms with Crippen molar-refractivity contribution in [3.8, 4) is 0 Å². The molecule has 0 saturated carbocycles. The molecular weight excluding hydrogens is 524 g/mol. The molecule has 16 heteroatoms. The van der Waals surface area contributed by atoms with Gasteiger partial charge in [-0.3, -0.25) is 24.2 Å². The Hall–Kier alpha value is -2.72. The molecule has 0 aliphatic rings. The van der Waals surface area contributed by atoms with Crippen LogP contribution in [0.2, 0.25) is 0 Å². The van der Waals surface area contributed by atoms with Crippen LogP contribution in [0.15, 0.2) is 4.99 Å². The van der Waals surface area contributed by atoms with Crippen molar-refractivity contribution >= 4 is 59.1 Å². The number of guanidine groups is 1. The summed E-state index contributed by atoms with van der Waals surface area (Å²) in [5.74, 6) is -2.97. The van der Waals surface area contributed by atoms with Crippen LogP contribution in [0.25, 0.3) is 0 Å². The van der Waals surface area contributed by atoms with Gasteiger partial charge in [-0.2, -0.15) is 23.5 Å². The van der Waals surface area contributed by atoms with Gasteiger partial charge in [0.2, 0.25) is 23.6 Å². The van der Waals surface area contributed by atoms with Crippen LogP contribution in [0.3, 0.4) is 0 Å². The van der Waals surface area contributed by atoms with E-state index in [1.165, 1.54) is 23.5 Å². The average Bonchev–Trinajstić information content (AvgIpc) is 2.83. The van der Waals surface area contributed by atoms with Crippen molar-refractivity contribution in [3.05, 3.63) is 0 Å². The van der Waals surface area contributed by atoms with Gasteiger partial charge < -0.3 is 44.0 Å². The van der Waals surface area contributed by atoms with E-state index in [1.54, 1.807) is 6.26 Å². The van der Waals surface area contributed by atoms with Crippen molar-refractivity contribution in [2.24, 2.45) is 27.9 Å². The number of hydrogen-bond donors (Lipinski definition) is 8. The van der Waals surface area contributed by atoms with Gasteiger partial charge in [0.05, 0.1) is 6.04 Å². The number of carboxylic acids is 1. The van der Waals surface area contributed by atoms with Crippen LogP contribution >= 0.6 is 23.5 Å². The highest BCUT2D eigenvalue weighted by Crippen LogP contribution is 2.07. The summed E-state index contributed by atoms with van der Waals surface area (Å²) in [6.45, 7) is 0.196. The molecule has 4 unspecified atom stereocenters. The maximum Gasteiger partial charge on any atom is 0.326 e. The van der Waals surface area contributed by atoms with Gasteiger partial charge in [0.15, 0.2) is 5.96 Å². The third-order valence-electron chi connectivity index (χ3n) is 5.09. The summed E-state index contributed by atoms with van der Waals surface area (Å²) >= 11 is 2.93. The third kappa shape index (κ3) is 15.9. The van der Waals surface area contributed by atoms with E-state index in [2.05, 4.69) is 20.9 Å². The second-order valence-corrected chi connectivity index (χ2v) is 10.1. The van der Waals surface area contributed by atoms with Crippen LogP contribution in [-0.4, -0.2) is 95.4 Å². The van der Waals surface area contributed by atoms with Crippen molar-refractivity contribution in [3.63, 3.8) is 0 Å². The SMILES string of the molecule is CSCCC(N)C(=O)NC(CCCN=C(N)N)C(=O)NC(CCC(N)=O)C(=O)NC(CCSC)C(=O)O. The van der Waals surface area contributed by atoms with Crippen LogP contribution < -0.4 is 38.9 Å². The molecule has 0 aromatic rings. The van der Waals surface area contributed by atoms with E-state index in [9.17, 15) is 29.1 Å². The topological polar surface area (TPSA) is 258 Å². The molecule has 37 heavy (non-hydrogen) atoms. The molecule has 14 nitrogen and oxygen atoms in total. The van der Waals surface area contributed by atoms with Crippen molar-refractivity contribution < 1.29 is 29.1 Å². The zero-order valence-corrected chi connectivity index (χ0v) is 22.9. The minimum Gasteiger partial charge on any atom is -0.480 e. The quantitative estimate of drug-likeness (QED) is 0.0442. The van der Waals surface area contributed by atoms with Crippen LogP contribution in [0.1, 0.15) is 38.5 Å². The first kappa shape index (κ1) is 34.3. The molecule has 0 radical (unpaired) electrons. The number of carbonyl (C=O) groups is 5. The van der Waals surface area contributed by atoms with Crippen molar-refractivity contribution in [1.29, 1.82) is 0 Å². The first-order valence-corrected chi connectivity index (χ1v) is 14.4. The van der Waals surface area contributed by atoms with Crippen molar-refractivity contribution in [1.82, 2.24) is 16.0 Å². The molecule has 0 heterocycles. The number of amides is 4. The lowest BCUT2D eigenvalue weighted by Crippen LogP contribution is -2.57. The fourth-order valence-electron chi connectivity index (χ4n) is 3.02. The predicted molar refractivity (Wildman–Crippen MR) is 146 cm³/mol. The summed E-state index contributed by atoms with van der Waals surface area (Å²) in [6.07, 6.45) is 4.28. The molecule has 4 amide bonds. The molecule has 0 aliphatic heterocycles. The summed E-state index contributed by atoms with van der Waals surface area (Å²) in [7, 11) is 0. The highest BCUT2D eigenvalue weighted by atomic mass is 32.2.